The first-order valence-electron chi connectivity index (χ1n) is 13.6. The summed E-state index contributed by atoms with van der Waals surface area (Å²) in [6.45, 7) is 3.94. The van der Waals surface area contributed by atoms with Gasteiger partial charge in [-0.2, -0.15) is 0 Å². The van der Waals surface area contributed by atoms with Crippen molar-refractivity contribution in [3.05, 3.63) is 129 Å². The van der Waals surface area contributed by atoms with Crippen molar-refractivity contribution in [2.45, 2.75) is 57.0 Å². The van der Waals surface area contributed by atoms with Gasteiger partial charge in [-0.1, -0.05) is 66.2 Å². The molecule has 206 valence electrons. The van der Waals surface area contributed by atoms with Crippen molar-refractivity contribution < 1.29 is 13.2 Å². The fraction of sp³-hybridized carbons (Fsp3) is 0.242. The quantitative estimate of drug-likeness (QED) is 0.239. The predicted octanol–water partition coefficient (Wildman–Crippen LogP) is 7.41. The minimum atomic E-state index is -3.88. The number of hydrogen-bond acceptors (Lipinski definition) is 3. The van der Waals surface area contributed by atoms with Crippen LogP contribution in [0.15, 0.2) is 95.9 Å². The third kappa shape index (κ3) is 6.08. The number of sulfonamides is 1. The number of hydrogen-bond donors (Lipinski definition) is 1. The Hall–Kier alpha value is -3.61. The van der Waals surface area contributed by atoms with Crippen molar-refractivity contribution in [3.8, 4) is 0 Å². The molecule has 0 fully saturated rings. The number of carbonyl (C=O) groups excluding carboxylic acids is 1. The molecule has 0 saturated heterocycles. The van der Waals surface area contributed by atoms with E-state index >= 15 is 0 Å². The number of halogens is 1. The maximum absolute atomic E-state index is 13.7. The fourth-order valence-electron chi connectivity index (χ4n) is 5.18. The predicted molar refractivity (Wildman–Crippen MR) is 161 cm³/mol. The molecule has 0 heterocycles. The maximum atomic E-state index is 13.7. The molecule has 4 aromatic rings. The molecule has 1 aliphatic carbocycles. The molecular formula is C33H33ClN2O3S. The number of nitrogens with zero attached hydrogens (tertiary/aromatic N) is 1. The van der Waals surface area contributed by atoms with Crippen LogP contribution >= 0.6 is 11.6 Å². The van der Waals surface area contributed by atoms with E-state index in [2.05, 4.69) is 23.5 Å². The molecule has 1 amide bonds. The highest BCUT2D eigenvalue weighted by Gasteiger charge is 2.27. The van der Waals surface area contributed by atoms with Gasteiger partial charge < -0.3 is 5.32 Å². The van der Waals surface area contributed by atoms with Crippen LogP contribution in [0.5, 0.6) is 0 Å². The number of anilines is 1. The minimum Gasteiger partial charge on any atom is -0.346 e. The lowest BCUT2D eigenvalue weighted by atomic mass is 9.89. The largest absolute Gasteiger partial charge is 0.346 e. The zero-order valence-corrected chi connectivity index (χ0v) is 24.3. The molecule has 0 saturated carbocycles. The smallest absolute Gasteiger partial charge is 0.264 e. The number of carbonyl (C=O) groups is 1. The average Bonchev–Trinajstić information content (AvgIpc) is 2.97. The monoisotopic (exact) mass is 572 g/mol. The van der Waals surface area contributed by atoms with E-state index in [4.69, 9.17) is 11.6 Å². The first kappa shape index (κ1) is 27.9. The first-order chi connectivity index (χ1) is 19.2. The fourth-order valence-corrected chi connectivity index (χ4v) is 6.88. The zero-order valence-electron chi connectivity index (χ0n) is 22.7. The number of rotatable bonds is 8. The van der Waals surface area contributed by atoms with E-state index in [1.165, 1.54) is 28.3 Å². The Balaban J connectivity index is 1.35. The van der Waals surface area contributed by atoms with Gasteiger partial charge in [-0.25, -0.2) is 8.42 Å². The van der Waals surface area contributed by atoms with Crippen LogP contribution in [-0.2, 0) is 29.4 Å². The summed E-state index contributed by atoms with van der Waals surface area (Å²) in [6.07, 6.45) is 4.68. The summed E-state index contributed by atoms with van der Waals surface area (Å²) in [5.41, 5.74) is 6.47. The van der Waals surface area contributed by atoms with E-state index in [-0.39, 0.29) is 23.4 Å². The van der Waals surface area contributed by atoms with E-state index in [0.29, 0.717) is 16.3 Å². The molecule has 1 aliphatic rings. The van der Waals surface area contributed by atoms with Crippen LogP contribution in [0.1, 0.15) is 64.0 Å². The summed E-state index contributed by atoms with van der Waals surface area (Å²) in [7, 11) is -3.88. The highest BCUT2D eigenvalue weighted by Crippen LogP contribution is 2.31. The van der Waals surface area contributed by atoms with E-state index in [9.17, 15) is 13.2 Å². The standard InChI is InChI=1S/C33H33ClN2O3S/c1-23-12-19-30(34)21-32(23)36(40(38,39)31-10-4-3-5-11-31)22-25-13-15-27(16-14-25)33(37)35-24(2)28-18-17-26-8-6-7-9-29(26)20-28/h3-5,10-21,24H,6-9,22H2,1-2H3,(H,35,37). The minimum absolute atomic E-state index is 0.0891. The number of benzene rings is 4. The Labute approximate surface area is 241 Å². The Bertz CT molecular complexity index is 1620. The summed E-state index contributed by atoms with van der Waals surface area (Å²) in [5, 5.41) is 3.56. The maximum Gasteiger partial charge on any atom is 0.264 e. The first-order valence-corrected chi connectivity index (χ1v) is 15.4. The SMILES string of the molecule is Cc1ccc(Cl)cc1N(Cc1ccc(C(=O)NC(C)c2ccc3c(c2)CCCC3)cc1)S(=O)(=O)c1ccccc1. The molecule has 0 bridgehead atoms. The van der Waals surface area contributed by atoms with E-state index < -0.39 is 10.0 Å². The lowest BCUT2D eigenvalue weighted by Crippen LogP contribution is -2.31. The molecule has 0 spiro atoms. The van der Waals surface area contributed by atoms with Crippen LogP contribution in [0, 0.1) is 6.92 Å². The van der Waals surface area contributed by atoms with Gasteiger partial charge in [0.15, 0.2) is 0 Å². The topological polar surface area (TPSA) is 66.5 Å². The van der Waals surface area contributed by atoms with Gasteiger partial charge in [-0.3, -0.25) is 9.10 Å². The van der Waals surface area contributed by atoms with Gasteiger partial charge in [0.2, 0.25) is 0 Å². The van der Waals surface area contributed by atoms with E-state index in [1.807, 2.05) is 19.9 Å². The molecule has 5 nitrogen and oxygen atoms in total. The zero-order chi connectivity index (χ0) is 28.3. The van der Waals surface area contributed by atoms with E-state index in [0.717, 1.165) is 29.5 Å². The van der Waals surface area contributed by atoms with Gasteiger partial charge in [0.25, 0.3) is 15.9 Å². The third-order valence-electron chi connectivity index (χ3n) is 7.53. The molecule has 5 rings (SSSR count). The van der Waals surface area contributed by atoms with Gasteiger partial charge in [-0.05, 0) is 104 Å². The van der Waals surface area contributed by atoms with Crippen molar-refractivity contribution in [1.29, 1.82) is 0 Å². The summed E-state index contributed by atoms with van der Waals surface area (Å²) in [5.74, 6) is -0.170. The lowest BCUT2D eigenvalue weighted by molar-refractivity contribution is 0.0940. The van der Waals surface area contributed by atoms with Gasteiger partial charge in [0.05, 0.1) is 23.2 Å². The van der Waals surface area contributed by atoms with Crippen molar-refractivity contribution >= 4 is 33.2 Å². The molecule has 40 heavy (non-hydrogen) atoms. The summed E-state index contributed by atoms with van der Waals surface area (Å²) in [6, 6.07) is 27.0. The molecule has 1 unspecified atom stereocenters. The van der Waals surface area contributed by atoms with Gasteiger partial charge in [0.1, 0.15) is 0 Å². The lowest BCUT2D eigenvalue weighted by Gasteiger charge is -2.26. The number of amides is 1. The Morgan fingerprint density at radius 1 is 0.900 bits per heavy atom. The van der Waals surface area contributed by atoms with Crippen molar-refractivity contribution in [3.63, 3.8) is 0 Å². The second-order valence-electron chi connectivity index (χ2n) is 10.4. The summed E-state index contributed by atoms with van der Waals surface area (Å²) < 4.78 is 28.9. The van der Waals surface area contributed by atoms with Crippen LogP contribution in [0.4, 0.5) is 5.69 Å². The van der Waals surface area contributed by atoms with Gasteiger partial charge >= 0.3 is 0 Å². The van der Waals surface area contributed by atoms with Crippen LogP contribution in [0.2, 0.25) is 5.02 Å². The third-order valence-corrected chi connectivity index (χ3v) is 9.54. The van der Waals surface area contributed by atoms with E-state index in [1.54, 1.807) is 66.7 Å². The molecule has 7 heteroatoms. The van der Waals surface area contributed by atoms with Crippen LogP contribution in [0.25, 0.3) is 0 Å². The second kappa shape index (κ2) is 11.9. The van der Waals surface area contributed by atoms with Crippen LogP contribution in [0.3, 0.4) is 0 Å². The Kier molecular flexibility index (Phi) is 8.29. The number of nitrogens with one attached hydrogen (secondary N) is 1. The molecule has 4 aromatic carbocycles. The van der Waals surface area contributed by atoms with Gasteiger partial charge in [0, 0.05) is 10.6 Å². The molecule has 0 aromatic heterocycles. The van der Waals surface area contributed by atoms with Crippen molar-refractivity contribution in [2.24, 2.45) is 0 Å². The molecule has 0 radical (unpaired) electrons. The number of fused-ring (bicyclic) bond motifs is 1. The van der Waals surface area contributed by atoms with Crippen LogP contribution < -0.4 is 9.62 Å². The molecule has 0 aliphatic heterocycles. The van der Waals surface area contributed by atoms with Crippen LogP contribution in [-0.4, -0.2) is 14.3 Å². The molecule has 1 atom stereocenters. The number of aryl methyl sites for hydroxylation is 3. The van der Waals surface area contributed by atoms with Gasteiger partial charge in [-0.15, -0.1) is 0 Å². The second-order valence-corrected chi connectivity index (χ2v) is 12.7. The summed E-state index contributed by atoms with van der Waals surface area (Å²) >= 11 is 6.27. The summed E-state index contributed by atoms with van der Waals surface area (Å²) in [4.78, 5) is 13.3. The Morgan fingerprint density at radius 3 is 2.33 bits per heavy atom. The molecular weight excluding hydrogens is 540 g/mol. The normalized spacial score (nSPS) is 13.8. The highest BCUT2D eigenvalue weighted by molar-refractivity contribution is 7.92. The Morgan fingerprint density at radius 2 is 1.60 bits per heavy atom. The molecule has 1 N–H and O–H groups in total. The van der Waals surface area contributed by atoms with Crippen molar-refractivity contribution in [1.82, 2.24) is 5.32 Å². The average molecular weight is 573 g/mol. The highest BCUT2D eigenvalue weighted by atomic mass is 35.5. The van der Waals surface area contributed by atoms with Crippen molar-refractivity contribution in [2.75, 3.05) is 4.31 Å².